The molecule has 0 spiro atoms. The van der Waals surface area contributed by atoms with Crippen LogP contribution in [0.15, 0.2) is 27.7 Å². The lowest BCUT2D eigenvalue weighted by atomic mass is 10.2. The van der Waals surface area contributed by atoms with Crippen molar-refractivity contribution >= 4 is 33.3 Å². The van der Waals surface area contributed by atoms with Crippen LogP contribution in [0, 0.1) is 6.92 Å². The van der Waals surface area contributed by atoms with E-state index in [1.165, 1.54) is 28.5 Å². The normalized spacial score (nSPS) is 11.0. The van der Waals surface area contributed by atoms with Crippen LogP contribution >= 0.6 is 11.3 Å². The molecule has 8 heteroatoms. The molecule has 0 aliphatic heterocycles. The third-order valence-electron chi connectivity index (χ3n) is 3.14. The summed E-state index contributed by atoms with van der Waals surface area (Å²) in [5.74, 6) is -0.410. The summed E-state index contributed by atoms with van der Waals surface area (Å²) >= 11 is 1.42. The van der Waals surface area contributed by atoms with Crippen molar-refractivity contribution in [1.82, 2.24) is 14.8 Å². The van der Waals surface area contributed by atoms with Crippen LogP contribution < -0.4 is 10.9 Å². The predicted octanol–water partition coefficient (Wildman–Crippen LogP) is 1.96. The Morgan fingerprint density at radius 2 is 2.32 bits per heavy atom. The Bertz CT molecular complexity index is 880. The van der Waals surface area contributed by atoms with Crippen LogP contribution in [0.5, 0.6) is 0 Å². The highest BCUT2D eigenvalue weighted by Gasteiger charge is 2.15. The van der Waals surface area contributed by atoms with E-state index < -0.39 is 5.91 Å². The molecular weight excluding hydrogens is 304 g/mol. The second-order valence-electron chi connectivity index (χ2n) is 4.75. The lowest BCUT2D eigenvalue weighted by Crippen LogP contribution is -2.30. The van der Waals surface area contributed by atoms with Gasteiger partial charge < -0.3 is 4.42 Å². The molecule has 0 atom stereocenters. The summed E-state index contributed by atoms with van der Waals surface area (Å²) in [5.41, 5.74) is 0.552. The van der Waals surface area contributed by atoms with Gasteiger partial charge in [-0.2, -0.15) is 5.10 Å². The fourth-order valence-electron chi connectivity index (χ4n) is 2.20. The van der Waals surface area contributed by atoms with Crippen LogP contribution in [0.3, 0.4) is 0 Å². The maximum atomic E-state index is 12.4. The van der Waals surface area contributed by atoms with E-state index in [0.717, 1.165) is 16.0 Å². The van der Waals surface area contributed by atoms with Crippen LogP contribution in [0.1, 0.15) is 17.5 Å². The minimum atomic E-state index is -0.410. The zero-order valence-electron chi connectivity index (χ0n) is 12.1. The molecule has 22 heavy (non-hydrogen) atoms. The highest BCUT2D eigenvalue weighted by atomic mass is 32.1. The van der Waals surface area contributed by atoms with E-state index in [2.05, 4.69) is 15.4 Å². The topological polar surface area (TPSA) is 90.0 Å². The molecule has 0 aromatic carbocycles. The fraction of sp³-hybridized carbons (Fsp3) is 0.286. The van der Waals surface area contributed by atoms with Crippen LogP contribution in [0.2, 0.25) is 0 Å². The predicted molar refractivity (Wildman–Crippen MR) is 83.1 cm³/mol. The van der Waals surface area contributed by atoms with Crippen molar-refractivity contribution in [2.24, 2.45) is 0 Å². The molecule has 0 radical (unpaired) electrons. The molecule has 0 unspecified atom stereocenters. The van der Waals surface area contributed by atoms with Gasteiger partial charge in [0.1, 0.15) is 17.5 Å². The van der Waals surface area contributed by atoms with E-state index in [1.54, 1.807) is 0 Å². The standard InChI is InChI=1S/C14H14N4O3S/c1-3-10-9-6-8(2)22-12(9)13(20)18(17-10)7-11(19)16-14-15-4-5-21-14/h4-6H,3,7H2,1-2H3,(H,15,16,19). The number of carbonyl (C=O) groups excluding carboxylic acids is 1. The van der Waals surface area contributed by atoms with E-state index in [-0.39, 0.29) is 18.1 Å². The monoisotopic (exact) mass is 318 g/mol. The molecule has 0 aliphatic carbocycles. The summed E-state index contributed by atoms with van der Waals surface area (Å²) < 4.78 is 6.76. The Morgan fingerprint density at radius 1 is 1.50 bits per heavy atom. The number of aromatic nitrogens is 3. The van der Waals surface area contributed by atoms with Gasteiger partial charge in [-0.25, -0.2) is 9.67 Å². The largest absolute Gasteiger partial charge is 0.432 e. The SMILES string of the molecule is CCc1nn(CC(=O)Nc2ncco2)c(=O)c2sc(C)cc12. The number of amides is 1. The van der Waals surface area contributed by atoms with Crippen molar-refractivity contribution in [3.05, 3.63) is 39.5 Å². The quantitative estimate of drug-likeness (QED) is 0.794. The Morgan fingerprint density at radius 3 is 3.00 bits per heavy atom. The number of carbonyl (C=O) groups is 1. The zero-order chi connectivity index (χ0) is 15.7. The van der Waals surface area contributed by atoms with Gasteiger partial charge >= 0.3 is 6.01 Å². The molecular formula is C14H14N4O3S. The van der Waals surface area contributed by atoms with E-state index in [9.17, 15) is 9.59 Å². The van der Waals surface area contributed by atoms with Gasteiger partial charge in [0.2, 0.25) is 5.91 Å². The van der Waals surface area contributed by atoms with Crippen LogP contribution in [0.4, 0.5) is 6.01 Å². The number of anilines is 1. The van der Waals surface area contributed by atoms with Gasteiger partial charge in [-0.05, 0) is 19.4 Å². The Labute approximate surface area is 129 Å². The number of aryl methyl sites for hydroxylation is 2. The van der Waals surface area contributed by atoms with Crippen molar-refractivity contribution < 1.29 is 9.21 Å². The number of nitrogens with one attached hydrogen (secondary N) is 1. The van der Waals surface area contributed by atoms with Crippen molar-refractivity contribution in [3.63, 3.8) is 0 Å². The number of oxazole rings is 1. The average Bonchev–Trinajstić information content (AvgIpc) is 3.11. The first kappa shape index (κ1) is 14.5. The number of hydrogen-bond donors (Lipinski definition) is 1. The van der Waals surface area contributed by atoms with Crippen molar-refractivity contribution in [2.75, 3.05) is 5.32 Å². The molecule has 3 aromatic heterocycles. The summed E-state index contributed by atoms with van der Waals surface area (Å²) in [5, 5.41) is 7.65. The van der Waals surface area contributed by atoms with Gasteiger partial charge in [0.25, 0.3) is 5.56 Å². The number of thiophene rings is 1. The molecule has 0 bridgehead atoms. The molecule has 0 fully saturated rings. The Hall–Kier alpha value is -2.48. The second kappa shape index (κ2) is 5.72. The maximum Gasteiger partial charge on any atom is 0.301 e. The minimum Gasteiger partial charge on any atom is -0.432 e. The number of rotatable bonds is 4. The van der Waals surface area contributed by atoms with Gasteiger partial charge in [-0.1, -0.05) is 6.92 Å². The van der Waals surface area contributed by atoms with Crippen LogP contribution in [-0.2, 0) is 17.8 Å². The zero-order valence-corrected chi connectivity index (χ0v) is 12.9. The lowest BCUT2D eigenvalue weighted by Gasteiger charge is -2.07. The highest BCUT2D eigenvalue weighted by molar-refractivity contribution is 7.18. The summed E-state index contributed by atoms with van der Waals surface area (Å²) in [6.45, 7) is 3.74. The van der Waals surface area contributed by atoms with Crippen LogP contribution in [0.25, 0.3) is 10.1 Å². The smallest absolute Gasteiger partial charge is 0.301 e. The second-order valence-corrected chi connectivity index (χ2v) is 6.00. The summed E-state index contributed by atoms with van der Waals surface area (Å²) in [7, 11) is 0. The Kier molecular flexibility index (Phi) is 3.76. The van der Waals surface area contributed by atoms with Gasteiger partial charge in [0.05, 0.1) is 11.9 Å². The van der Waals surface area contributed by atoms with Gasteiger partial charge in [-0.3, -0.25) is 14.9 Å². The van der Waals surface area contributed by atoms with Crippen LogP contribution in [-0.4, -0.2) is 20.7 Å². The maximum absolute atomic E-state index is 12.4. The molecule has 114 valence electrons. The summed E-state index contributed by atoms with van der Waals surface area (Å²) in [4.78, 5) is 29.3. The van der Waals surface area contributed by atoms with Gasteiger partial charge in [0, 0.05) is 10.3 Å². The van der Waals surface area contributed by atoms with E-state index >= 15 is 0 Å². The van der Waals surface area contributed by atoms with Gasteiger partial charge in [0.15, 0.2) is 0 Å². The van der Waals surface area contributed by atoms with Gasteiger partial charge in [-0.15, -0.1) is 11.3 Å². The molecule has 3 aromatic rings. The first-order valence-corrected chi connectivity index (χ1v) is 7.59. The van der Waals surface area contributed by atoms with E-state index in [4.69, 9.17) is 4.42 Å². The number of fused-ring (bicyclic) bond motifs is 1. The summed E-state index contributed by atoms with van der Waals surface area (Å²) in [6.07, 6.45) is 3.47. The molecule has 1 N–H and O–H groups in total. The van der Waals surface area contributed by atoms with Crippen molar-refractivity contribution in [3.8, 4) is 0 Å². The average molecular weight is 318 g/mol. The Balaban J connectivity index is 1.95. The van der Waals surface area contributed by atoms with E-state index in [1.807, 2.05) is 19.9 Å². The molecule has 1 amide bonds. The molecule has 3 rings (SSSR count). The summed E-state index contributed by atoms with van der Waals surface area (Å²) in [6, 6.07) is 2.06. The molecule has 7 nitrogen and oxygen atoms in total. The fourth-order valence-corrected chi connectivity index (χ4v) is 3.18. The third-order valence-corrected chi connectivity index (χ3v) is 4.18. The highest BCUT2D eigenvalue weighted by Crippen LogP contribution is 2.24. The molecule has 0 saturated carbocycles. The first-order chi connectivity index (χ1) is 10.6. The molecule has 0 saturated heterocycles. The molecule has 3 heterocycles. The number of nitrogens with zero attached hydrogens (tertiary/aromatic N) is 3. The molecule has 0 aliphatic rings. The van der Waals surface area contributed by atoms with E-state index in [0.29, 0.717) is 11.1 Å². The third kappa shape index (κ3) is 2.64. The number of hydrogen-bond acceptors (Lipinski definition) is 6. The van der Waals surface area contributed by atoms with Crippen molar-refractivity contribution in [1.29, 1.82) is 0 Å². The first-order valence-electron chi connectivity index (χ1n) is 6.78. The lowest BCUT2D eigenvalue weighted by molar-refractivity contribution is -0.117. The minimum absolute atomic E-state index is 0.0989. The van der Waals surface area contributed by atoms with Crippen molar-refractivity contribution in [2.45, 2.75) is 26.8 Å².